The van der Waals surface area contributed by atoms with Crippen LogP contribution in [0.3, 0.4) is 0 Å². The molecule has 1 saturated heterocycles. The Labute approximate surface area is 179 Å². The Kier molecular flexibility index (Phi) is 6.82. The Morgan fingerprint density at radius 2 is 2.10 bits per heavy atom. The number of amides is 2. The average molecular weight is 432 g/mol. The molecule has 1 unspecified atom stereocenters. The highest BCUT2D eigenvalue weighted by atomic mass is 35.5. The Morgan fingerprint density at radius 3 is 2.83 bits per heavy atom. The number of halogens is 1. The van der Waals surface area contributed by atoms with Crippen LogP contribution >= 0.6 is 23.4 Å². The maximum absolute atomic E-state index is 12.6. The number of benzene rings is 2. The molecule has 0 aromatic heterocycles. The monoisotopic (exact) mass is 431 g/mol. The van der Waals surface area contributed by atoms with Gasteiger partial charge in [0.1, 0.15) is 11.0 Å². The van der Waals surface area contributed by atoms with Crippen LogP contribution in [0.2, 0.25) is 5.02 Å². The molecule has 1 aliphatic rings. The summed E-state index contributed by atoms with van der Waals surface area (Å²) in [6, 6.07) is 12.7. The van der Waals surface area contributed by atoms with E-state index in [4.69, 9.17) is 16.3 Å². The molecule has 3 rings (SSSR count). The van der Waals surface area contributed by atoms with Gasteiger partial charge < -0.3 is 10.1 Å². The molecule has 1 fully saturated rings. The van der Waals surface area contributed by atoms with Crippen molar-refractivity contribution >= 4 is 51.7 Å². The number of anilines is 1. The van der Waals surface area contributed by atoms with Crippen molar-refractivity contribution in [2.24, 2.45) is 4.99 Å². The number of carbonyl (C=O) groups excluding carboxylic acids is 2. The number of thioether (sulfide) groups is 1. The molecular formula is C21H22ClN3O3S. The zero-order chi connectivity index (χ0) is 21.0. The third kappa shape index (κ3) is 5.31. The van der Waals surface area contributed by atoms with Crippen LogP contribution in [0, 0.1) is 6.92 Å². The smallest absolute Gasteiger partial charge is 0.242 e. The highest BCUT2D eigenvalue weighted by Crippen LogP contribution is 2.32. The van der Waals surface area contributed by atoms with Gasteiger partial charge in [-0.05, 0) is 43.7 Å². The molecule has 0 radical (unpaired) electrons. The summed E-state index contributed by atoms with van der Waals surface area (Å²) < 4.78 is 5.44. The van der Waals surface area contributed by atoms with Gasteiger partial charge >= 0.3 is 0 Å². The van der Waals surface area contributed by atoms with Gasteiger partial charge in [-0.15, -0.1) is 0 Å². The molecule has 1 atom stereocenters. The van der Waals surface area contributed by atoms with Crippen LogP contribution in [0.1, 0.15) is 18.9 Å². The van der Waals surface area contributed by atoms with Gasteiger partial charge in [0.25, 0.3) is 0 Å². The van der Waals surface area contributed by atoms with Crippen LogP contribution in [0.4, 0.5) is 11.4 Å². The maximum atomic E-state index is 12.6. The van der Waals surface area contributed by atoms with Gasteiger partial charge in [0.2, 0.25) is 11.8 Å². The number of nitrogens with zero attached hydrogens (tertiary/aromatic N) is 2. The number of hydrogen-bond donors (Lipinski definition) is 1. The lowest BCUT2D eigenvalue weighted by Gasteiger charge is -2.10. The van der Waals surface area contributed by atoms with Crippen LogP contribution in [0.15, 0.2) is 47.5 Å². The van der Waals surface area contributed by atoms with E-state index in [1.54, 1.807) is 31.3 Å². The molecule has 0 aliphatic carbocycles. The molecule has 8 heteroatoms. The van der Waals surface area contributed by atoms with Gasteiger partial charge in [0.15, 0.2) is 5.17 Å². The third-order valence-corrected chi connectivity index (χ3v) is 5.96. The van der Waals surface area contributed by atoms with Crippen molar-refractivity contribution in [3.63, 3.8) is 0 Å². The SMILES string of the molecule is CCOc1cccc(NC(=O)CC2SC(=Nc3ccc(C)c(Cl)c3)N(C)C2=O)c1. The fraction of sp³-hybridized carbons (Fsp3) is 0.286. The van der Waals surface area contributed by atoms with Crippen molar-refractivity contribution in [1.29, 1.82) is 0 Å². The first-order chi connectivity index (χ1) is 13.9. The molecule has 0 bridgehead atoms. The zero-order valence-electron chi connectivity index (χ0n) is 16.4. The summed E-state index contributed by atoms with van der Waals surface area (Å²) in [5.41, 5.74) is 2.26. The summed E-state index contributed by atoms with van der Waals surface area (Å²) in [4.78, 5) is 31.0. The minimum absolute atomic E-state index is 0.0559. The first kappa shape index (κ1) is 21.2. The van der Waals surface area contributed by atoms with Crippen LogP contribution < -0.4 is 10.1 Å². The summed E-state index contributed by atoms with van der Waals surface area (Å²) in [5, 5.41) is 3.47. The van der Waals surface area contributed by atoms with Crippen molar-refractivity contribution in [2.45, 2.75) is 25.5 Å². The van der Waals surface area contributed by atoms with Crippen LogP contribution in [0.25, 0.3) is 0 Å². The Hall–Kier alpha value is -2.51. The summed E-state index contributed by atoms with van der Waals surface area (Å²) in [7, 11) is 1.66. The molecule has 1 heterocycles. The van der Waals surface area contributed by atoms with E-state index in [-0.39, 0.29) is 18.2 Å². The molecule has 2 aromatic rings. The fourth-order valence-electron chi connectivity index (χ4n) is 2.77. The second-order valence-corrected chi connectivity index (χ2v) is 8.12. The van der Waals surface area contributed by atoms with Gasteiger partial charge in [-0.1, -0.05) is 35.5 Å². The van der Waals surface area contributed by atoms with Crippen molar-refractivity contribution in [3.8, 4) is 5.75 Å². The van der Waals surface area contributed by atoms with Gasteiger partial charge in [-0.25, -0.2) is 4.99 Å². The lowest BCUT2D eigenvalue weighted by atomic mass is 10.2. The number of aryl methyl sites for hydroxylation is 1. The number of nitrogens with one attached hydrogen (secondary N) is 1. The average Bonchev–Trinajstić information content (AvgIpc) is 2.93. The predicted molar refractivity (Wildman–Crippen MR) is 118 cm³/mol. The lowest BCUT2D eigenvalue weighted by Crippen LogP contribution is -2.30. The third-order valence-electron chi connectivity index (χ3n) is 4.32. The number of carbonyl (C=O) groups is 2. The van der Waals surface area contributed by atoms with Crippen molar-refractivity contribution in [3.05, 3.63) is 53.1 Å². The molecule has 1 aliphatic heterocycles. The molecule has 0 saturated carbocycles. The lowest BCUT2D eigenvalue weighted by molar-refractivity contribution is -0.127. The second kappa shape index (κ2) is 9.33. The minimum Gasteiger partial charge on any atom is -0.494 e. The molecular weight excluding hydrogens is 410 g/mol. The largest absolute Gasteiger partial charge is 0.494 e. The van der Waals surface area contributed by atoms with E-state index in [0.29, 0.717) is 33.9 Å². The number of ether oxygens (including phenoxy) is 1. The number of aliphatic imine (C=N–C) groups is 1. The zero-order valence-corrected chi connectivity index (χ0v) is 18.0. The molecule has 2 aromatic carbocycles. The minimum atomic E-state index is -0.519. The van der Waals surface area contributed by atoms with Gasteiger partial charge in [-0.2, -0.15) is 0 Å². The molecule has 152 valence electrons. The first-order valence-corrected chi connectivity index (χ1v) is 10.4. The van der Waals surface area contributed by atoms with Crippen molar-refractivity contribution < 1.29 is 14.3 Å². The topological polar surface area (TPSA) is 71.0 Å². The van der Waals surface area contributed by atoms with Gasteiger partial charge in [0, 0.05) is 30.2 Å². The molecule has 2 amide bonds. The molecule has 6 nitrogen and oxygen atoms in total. The first-order valence-electron chi connectivity index (χ1n) is 9.19. The fourth-order valence-corrected chi connectivity index (χ4v) is 4.10. The second-order valence-electron chi connectivity index (χ2n) is 6.54. The van der Waals surface area contributed by atoms with E-state index in [1.807, 2.05) is 32.0 Å². The molecule has 0 spiro atoms. The van der Waals surface area contributed by atoms with E-state index in [2.05, 4.69) is 10.3 Å². The Morgan fingerprint density at radius 1 is 1.31 bits per heavy atom. The van der Waals surface area contributed by atoms with Crippen LogP contribution in [-0.4, -0.2) is 40.8 Å². The normalized spacial score (nSPS) is 17.7. The highest BCUT2D eigenvalue weighted by Gasteiger charge is 2.37. The van der Waals surface area contributed by atoms with Gasteiger partial charge in [0.05, 0.1) is 12.3 Å². The van der Waals surface area contributed by atoms with E-state index >= 15 is 0 Å². The predicted octanol–water partition coefficient (Wildman–Crippen LogP) is 4.64. The van der Waals surface area contributed by atoms with E-state index in [0.717, 1.165) is 5.56 Å². The Balaban J connectivity index is 1.66. The van der Waals surface area contributed by atoms with Crippen LogP contribution in [-0.2, 0) is 9.59 Å². The highest BCUT2D eigenvalue weighted by molar-refractivity contribution is 8.15. The summed E-state index contributed by atoms with van der Waals surface area (Å²) in [5.74, 6) is 0.297. The van der Waals surface area contributed by atoms with Gasteiger partial charge in [-0.3, -0.25) is 14.5 Å². The maximum Gasteiger partial charge on any atom is 0.242 e. The van der Waals surface area contributed by atoms with E-state index in [9.17, 15) is 9.59 Å². The summed E-state index contributed by atoms with van der Waals surface area (Å²) >= 11 is 7.43. The van der Waals surface area contributed by atoms with E-state index in [1.165, 1.54) is 16.7 Å². The van der Waals surface area contributed by atoms with Crippen molar-refractivity contribution in [2.75, 3.05) is 19.0 Å². The molecule has 1 N–H and O–H groups in total. The van der Waals surface area contributed by atoms with Crippen LogP contribution in [0.5, 0.6) is 5.75 Å². The van der Waals surface area contributed by atoms with E-state index < -0.39 is 5.25 Å². The number of hydrogen-bond acceptors (Lipinski definition) is 5. The number of amidine groups is 1. The Bertz CT molecular complexity index is 964. The summed E-state index contributed by atoms with van der Waals surface area (Å²) in [6.45, 7) is 4.36. The van der Waals surface area contributed by atoms with Crippen molar-refractivity contribution in [1.82, 2.24) is 4.90 Å². The standard InChI is InChI=1S/C21H22ClN3O3S/c1-4-28-16-7-5-6-14(10-16)23-19(26)12-18-20(27)25(3)21(29-18)24-15-9-8-13(2)17(22)11-15/h5-11,18H,4,12H2,1-3H3,(H,23,26). The molecule has 29 heavy (non-hydrogen) atoms. The summed E-state index contributed by atoms with van der Waals surface area (Å²) in [6.07, 6.45) is 0.0559. The number of rotatable bonds is 6. The quantitative estimate of drug-likeness (QED) is 0.723.